The lowest BCUT2D eigenvalue weighted by atomic mass is 10.1. The van der Waals surface area contributed by atoms with Crippen LogP contribution in [0.2, 0.25) is 0 Å². The Hall–Kier alpha value is -2.77. The number of carbonyl (C=O) groups is 1. The Labute approximate surface area is 136 Å². The van der Waals surface area contributed by atoms with Crippen LogP contribution in [-0.4, -0.2) is 19.7 Å². The first kappa shape index (κ1) is 16.6. The second-order valence-corrected chi connectivity index (χ2v) is 4.94. The number of hydrogen-bond donors (Lipinski definition) is 2. The molecule has 118 valence electrons. The summed E-state index contributed by atoms with van der Waals surface area (Å²) in [5, 5.41) is 5.70. The Morgan fingerprint density at radius 2 is 1.78 bits per heavy atom. The molecule has 1 amide bonds. The molecule has 0 aliphatic carbocycles. The van der Waals surface area contributed by atoms with Gasteiger partial charge < -0.3 is 15.4 Å². The zero-order valence-corrected chi connectivity index (χ0v) is 13.1. The molecule has 0 saturated carbocycles. The Balaban J connectivity index is 1.71. The highest BCUT2D eigenvalue weighted by Crippen LogP contribution is 2.02. The van der Waals surface area contributed by atoms with Gasteiger partial charge in [0.1, 0.15) is 6.61 Å². The molecule has 23 heavy (non-hydrogen) atoms. The molecule has 0 radical (unpaired) electrons. The summed E-state index contributed by atoms with van der Waals surface area (Å²) < 4.78 is 5.10. The molecule has 0 unspecified atom stereocenters. The molecule has 4 nitrogen and oxygen atoms in total. The van der Waals surface area contributed by atoms with E-state index in [0.29, 0.717) is 0 Å². The zero-order valence-electron chi connectivity index (χ0n) is 13.1. The van der Waals surface area contributed by atoms with E-state index in [9.17, 15) is 4.79 Å². The lowest BCUT2D eigenvalue weighted by molar-refractivity contribution is 0.141. The number of ether oxygens (including phenoxy) is 1. The summed E-state index contributed by atoms with van der Waals surface area (Å²) in [5.74, 6) is 5.91. The Bertz CT molecular complexity index is 670. The normalized spacial score (nSPS) is 9.61. The van der Waals surface area contributed by atoms with Crippen molar-refractivity contribution in [3.63, 3.8) is 0 Å². The molecule has 0 spiro atoms. The van der Waals surface area contributed by atoms with E-state index < -0.39 is 6.09 Å². The van der Waals surface area contributed by atoms with Crippen LogP contribution in [0.3, 0.4) is 0 Å². The van der Waals surface area contributed by atoms with Crippen LogP contribution in [0.5, 0.6) is 0 Å². The largest absolute Gasteiger partial charge is 0.445 e. The summed E-state index contributed by atoms with van der Waals surface area (Å²) in [4.78, 5) is 11.5. The monoisotopic (exact) mass is 308 g/mol. The maximum atomic E-state index is 11.5. The molecule has 0 bridgehead atoms. The first-order valence-electron chi connectivity index (χ1n) is 7.45. The maximum absolute atomic E-state index is 11.5. The topological polar surface area (TPSA) is 50.4 Å². The fraction of sp³-hybridized carbons (Fsp3) is 0.211. The molecular weight excluding hydrogens is 288 g/mol. The van der Waals surface area contributed by atoms with Gasteiger partial charge in [0, 0.05) is 12.1 Å². The molecule has 0 heterocycles. The van der Waals surface area contributed by atoms with Gasteiger partial charge in [-0.05, 0) is 30.3 Å². The summed E-state index contributed by atoms with van der Waals surface area (Å²) in [6.07, 6.45) is -0.465. The van der Waals surface area contributed by atoms with Crippen molar-refractivity contribution in [2.45, 2.75) is 13.2 Å². The van der Waals surface area contributed by atoms with Gasteiger partial charge in [0.2, 0.25) is 0 Å². The third-order valence-electron chi connectivity index (χ3n) is 3.10. The van der Waals surface area contributed by atoms with Crippen LogP contribution in [0.15, 0.2) is 54.6 Å². The number of alkyl carbamates (subject to hydrolysis) is 1. The number of carbonyl (C=O) groups excluding carboxylic acids is 1. The maximum Gasteiger partial charge on any atom is 0.408 e. The molecule has 2 rings (SSSR count). The van der Waals surface area contributed by atoms with Gasteiger partial charge in [0.15, 0.2) is 0 Å². The van der Waals surface area contributed by atoms with Gasteiger partial charge in [0.05, 0.1) is 6.54 Å². The summed E-state index contributed by atoms with van der Waals surface area (Å²) >= 11 is 0. The molecule has 0 aromatic heterocycles. The zero-order chi connectivity index (χ0) is 16.3. The minimum Gasteiger partial charge on any atom is -0.445 e. The average Bonchev–Trinajstić information content (AvgIpc) is 2.59. The lowest BCUT2D eigenvalue weighted by Gasteiger charge is -2.04. The molecule has 0 aliphatic rings. The van der Waals surface area contributed by atoms with Gasteiger partial charge >= 0.3 is 6.09 Å². The van der Waals surface area contributed by atoms with Crippen molar-refractivity contribution >= 4 is 6.09 Å². The Morgan fingerprint density at radius 3 is 2.48 bits per heavy atom. The number of rotatable bonds is 5. The molecule has 2 aromatic rings. The Kier molecular flexibility index (Phi) is 6.70. The third kappa shape index (κ3) is 6.25. The van der Waals surface area contributed by atoms with Crippen molar-refractivity contribution in [2.24, 2.45) is 0 Å². The minimum absolute atomic E-state index is 0.256. The van der Waals surface area contributed by atoms with Crippen molar-refractivity contribution in [3.05, 3.63) is 71.3 Å². The van der Waals surface area contributed by atoms with Crippen LogP contribution in [0, 0.1) is 11.8 Å². The molecule has 0 atom stereocenters. The van der Waals surface area contributed by atoms with Crippen LogP contribution < -0.4 is 10.6 Å². The molecule has 2 aromatic carbocycles. The van der Waals surface area contributed by atoms with Gasteiger partial charge in [-0.25, -0.2) is 4.79 Å². The smallest absolute Gasteiger partial charge is 0.408 e. The van der Waals surface area contributed by atoms with E-state index in [4.69, 9.17) is 4.74 Å². The molecule has 0 aliphatic heterocycles. The molecule has 2 N–H and O–H groups in total. The average molecular weight is 308 g/mol. The van der Waals surface area contributed by atoms with Gasteiger partial charge in [-0.1, -0.05) is 54.3 Å². The van der Waals surface area contributed by atoms with Crippen molar-refractivity contribution in [1.29, 1.82) is 0 Å². The predicted octanol–water partition coefficient (Wildman–Crippen LogP) is 2.68. The van der Waals surface area contributed by atoms with Crippen LogP contribution >= 0.6 is 0 Å². The molecular formula is C19H20N2O2. The highest BCUT2D eigenvalue weighted by atomic mass is 16.5. The van der Waals surface area contributed by atoms with E-state index in [1.165, 1.54) is 5.56 Å². The van der Waals surface area contributed by atoms with Crippen LogP contribution in [0.1, 0.15) is 16.7 Å². The van der Waals surface area contributed by atoms with Crippen LogP contribution in [0.4, 0.5) is 4.79 Å². The minimum atomic E-state index is -0.465. The van der Waals surface area contributed by atoms with Crippen molar-refractivity contribution in [2.75, 3.05) is 13.6 Å². The second-order valence-electron chi connectivity index (χ2n) is 4.94. The van der Waals surface area contributed by atoms with Crippen molar-refractivity contribution in [3.8, 4) is 11.8 Å². The fourth-order valence-electron chi connectivity index (χ4n) is 1.95. The van der Waals surface area contributed by atoms with Gasteiger partial charge in [-0.15, -0.1) is 0 Å². The number of benzene rings is 2. The third-order valence-corrected chi connectivity index (χ3v) is 3.10. The van der Waals surface area contributed by atoms with E-state index in [-0.39, 0.29) is 13.2 Å². The molecule has 4 heteroatoms. The SMILES string of the molecule is CNCc1ccc(C#CCNC(=O)OCc2ccccc2)cc1. The highest BCUT2D eigenvalue weighted by Gasteiger charge is 2.00. The highest BCUT2D eigenvalue weighted by molar-refractivity contribution is 5.67. The summed E-state index contributed by atoms with van der Waals surface area (Å²) in [7, 11) is 1.91. The number of nitrogens with one attached hydrogen (secondary N) is 2. The summed E-state index contributed by atoms with van der Waals surface area (Å²) in [6, 6.07) is 17.5. The van der Waals surface area contributed by atoms with E-state index >= 15 is 0 Å². The molecule has 0 saturated heterocycles. The van der Waals surface area contributed by atoms with Gasteiger partial charge in [-0.3, -0.25) is 0 Å². The lowest BCUT2D eigenvalue weighted by Crippen LogP contribution is -2.24. The Morgan fingerprint density at radius 1 is 1.04 bits per heavy atom. The number of amides is 1. The second kappa shape index (κ2) is 9.29. The predicted molar refractivity (Wildman–Crippen MR) is 90.7 cm³/mol. The first-order chi connectivity index (χ1) is 11.3. The molecule has 0 fully saturated rings. The van der Waals surface area contributed by atoms with E-state index in [1.54, 1.807) is 0 Å². The van der Waals surface area contributed by atoms with E-state index in [2.05, 4.69) is 22.5 Å². The van der Waals surface area contributed by atoms with Crippen molar-refractivity contribution < 1.29 is 9.53 Å². The standard InChI is InChI=1S/C19H20N2O2/c1-20-14-17-11-9-16(10-12-17)8-5-13-21-19(22)23-15-18-6-3-2-4-7-18/h2-4,6-7,9-12,20H,13-15H2,1H3,(H,21,22). The van der Waals surface area contributed by atoms with E-state index in [1.807, 2.05) is 61.6 Å². The van der Waals surface area contributed by atoms with Gasteiger partial charge in [-0.2, -0.15) is 0 Å². The van der Waals surface area contributed by atoms with Gasteiger partial charge in [0.25, 0.3) is 0 Å². The fourth-order valence-corrected chi connectivity index (χ4v) is 1.95. The van der Waals surface area contributed by atoms with E-state index in [0.717, 1.165) is 17.7 Å². The summed E-state index contributed by atoms with van der Waals surface area (Å²) in [6.45, 7) is 1.35. The van der Waals surface area contributed by atoms with Crippen molar-refractivity contribution in [1.82, 2.24) is 10.6 Å². The first-order valence-corrected chi connectivity index (χ1v) is 7.45. The quantitative estimate of drug-likeness (QED) is 0.835. The summed E-state index contributed by atoms with van der Waals surface area (Å²) in [5.41, 5.74) is 3.08. The van der Waals surface area contributed by atoms with Crippen LogP contribution in [0.25, 0.3) is 0 Å². The number of hydrogen-bond acceptors (Lipinski definition) is 3. The van der Waals surface area contributed by atoms with Crippen LogP contribution in [-0.2, 0) is 17.9 Å².